The normalized spacial score (nSPS) is 56.0. The molecular formula is C12H18O3. The third-order valence-corrected chi connectivity index (χ3v) is 4.36. The first-order valence-electron chi connectivity index (χ1n) is 6.27. The van der Waals surface area contributed by atoms with E-state index in [0.717, 1.165) is 25.0 Å². The molecule has 3 aliphatic heterocycles. The number of hydrogen-bond acceptors (Lipinski definition) is 3. The van der Waals surface area contributed by atoms with Crippen LogP contribution in [0.4, 0.5) is 0 Å². The molecule has 84 valence electrons. The van der Waals surface area contributed by atoms with Gasteiger partial charge in [-0.25, -0.2) is 0 Å². The van der Waals surface area contributed by atoms with Crippen LogP contribution in [-0.4, -0.2) is 37.6 Å². The Morgan fingerprint density at radius 3 is 1.67 bits per heavy atom. The van der Waals surface area contributed by atoms with Gasteiger partial charge in [-0.05, 0) is 37.5 Å². The molecule has 0 bridgehead atoms. The monoisotopic (exact) mass is 210 g/mol. The van der Waals surface area contributed by atoms with Crippen molar-refractivity contribution in [2.75, 3.05) is 13.2 Å². The predicted octanol–water partition coefficient (Wildman–Crippen LogP) is 1.36. The summed E-state index contributed by atoms with van der Waals surface area (Å²) < 4.78 is 16.4. The van der Waals surface area contributed by atoms with Crippen LogP contribution in [0.5, 0.6) is 0 Å². The van der Waals surface area contributed by atoms with Gasteiger partial charge >= 0.3 is 0 Å². The summed E-state index contributed by atoms with van der Waals surface area (Å²) in [6, 6.07) is 0. The highest BCUT2D eigenvalue weighted by atomic mass is 16.6. The van der Waals surface area contributed by atoms with Gasteiger partial charge in [0.15, 0.2) is 0 Å². The molecule has 1 aliphatic carbocycles. The zero-order chi connectivity index (χ0) is 9.83. The lowest BCUT2D eigenvalue weighted by atomic mass is 9.75. The van der Waals surface area contributed by atoms with Gasteiger partial charge in [0.2, 0.25) is 0 Å². The third-order valence-electron chi connectivity index (χ3n) is 4.36. The molecule has 3 saturated heterocycles. The van der Waals surface area contributed by atoms with Crippen LogP contribution in [0.25, 0.3) is 0 Å². The minimum atomic E-state index is 0.577. The zero-order valence-corrected chi connectivity index (χ0v) is 8.93. The van der Waals surface area contributed by atoms with Crippen molar-refractivity contribution in [1.82, 2.24) is 0 Å². The van der Waals surface area contributed by atoms with Crippen LogP contribution in [0, 0.1) is 11.8 Å². The van der Waals surface area contributed by atoms with Gasteiger partial charge in [-0.2, -0.15) is 0 Å². The van der Waals surface area contributed by atoms with E-state index in [-0.39, 0.29) is 0 Å². The van der Waals surface area contributed by atoms with E-state index in [4.69, 9.17) is 14.2 Å². The van der Waals surface area contributed by atoms with E-state index in [9.17, 15) is 0 Å². The molecule has 4 rings (SSSR count). The van der Waals surface area contributed by atoms with Crippen molar-refractivity contribution in [1.29, 1.82) is 0 Å². The van der Waals surface area contributed by atoms with Crippen LogP contribution >= 0.6 is 0 Å². The molecular weight excluding hydrogens is 192 g/mol. The summed E-state index contributed by atoms with van der Waals surface area (Å²) in [5, 5.41) is 0. The average molecular weight is 210 g/mol. The highest BCUT2D eigenvalue weighted by Gasteiger charge is 2.50. The fraction of sp³-hybridized carbons (Fsp3) is 1.00. The largest absolute Gasteiger partial charge is 0.373 e. The number of rotatable bonds is 4. The van der Waals surface area contributed by atoms with Crippen LogP contribution < -0.4 is 0 Å². The summed E-state index contributed by atoms with van der Waals surface area (Å²) in [5.41, 5.74) is 0. The summed E-state index contributed by atoms with van der Waals surface area (Å²) in [4.78, 5) is 0. The molecule has 0 aromatic heterocycles. The van der Waals surface area contributed by atoms with Crippen molar-refractivity contribution in [2.24, 2.45) is 11.8 Å². The molecule has 3 heteroatoms. The Labute approximate surface area is 90.1 Å². The predicted molar refractivity (Wildman–Crippen MR) is 53.6 cm³/mol. The average Bonchev–Trinajstić information content (AvgIpc) is 3.06. The summed E-state index contributed by atoms with van der Waals surface area (Å²) >= 11 is 0. The van der Waals surface area contributed by atoms with Crippen LogP contribution in [0.1, 0.15) is 25.7 Å². The Bertz CT molecular complexity index is 230. The van der Waals surface area contributed by atoms with Gasteiger partial charge in [-0.15, -0.1) is 0 Å². The summed E-state index contributed by atoms with van der Waals surface area (Å²) in [6.45, 7) is 2.00. The van der Waals surface area contributed by atoms with Crippen LogP contribution in [0.3, 0.4) is 0 Å². The Morgan fingerprint density at radius 1 is 0.800 bits per heavy atom. The maximum absolute atomic E-state index is 5.66. The number of hydrogen-bond donors (Lipinski definition) is 0. The molecule has 3 heterocycles. The van der Waals surface area contributed by atoms with E-state index in [1.807, 2.05) is 0 Å². The fourth-order valence-electron chi connectivity index (χ4n) is 3.24. The quantitative estimate of drug-likeness (QED) is 0.657. The van der Waals surface area contributed by atoms with Crippen LogP contribution in [0.15, 0.2) is 0 Å². The van der Waals surface area contributed by atoms with E-state index in [1.54, 1.807) is 0 Å². The van der Waals surface area contributed by atoms with E-state index in [2.05, 4.69) is 0 Å². The van der Waals surface area contributed by atoms with Crippen molar-refractivity contribution in [3.05, 3.63) is 0 Å². The van der Waals surface area contributed by atoms with Crippen molar-refractivity contribution < 1.29 is 14.2 Å². The first-order valence-corrected chi connectivity index (χ1v) is 6.27. The minimum absolute atomic E-state index is 0.577. The van der Waals surface area contributed by atoms with Gasteiger partial charge in [0.05, 0.1) is 37.6 Å². The summed E-state index contributed by atoms with van der Waals surface area (Å²) in [5.74, 6) is 1.68. The molecule has 0 amide bonds. The van der Waals surface area contributed by atoms with Crippen LogP contribution in [0.2, 0.25) is 0 Å². The molecule has 0 radical (unpaired) electrons. The molecule has 0 aromatic rings. The second-order valence-corrected chi connectivity index (χ2v) is 5.59. The maximum Gasteiger partial charge on any atom is 0.0844 e. The molecule has 6 unspecified atom stereocenters. The SMILES string of the molecule is C1OC1CC1CC2OC2CC1CC1CO1. The number of fused-ring (bicyclic) bond motifs is 1. The van der Waals surface area contributed by atoms with Gasteiger partial charge in [-0.3, -0.25) is 0 Å². The van der Waals surface area contributed by atoms with Crippen molar-refractivity contribution in [3.8, 4) is 0 Å². The summed E-state index contributed by atoms with van der Waals surface area (Å²) in [7, 11) is 0. The van der Waals surface area contributed by atoms with E-state index >= 15 is 0 Å². The molecule has 0 spiro atoms. The molecule has 6 atom stereocenters. The molecule has 0 aromatic carbocycles. The second kappa shape index (κ2) is 3.19. The molecule has 15 heavy (non-hydrogen) atoms. The van der Waals surface area contributed by atoms with E-state index in [1.165, 1.54) is 25.7 Å². The first kappa shape index (κ1) is 8.97. The zero-order valence-electron chi connectivity index (χ0n) is 8.93. The van der Waals surface area contributed by atoms with Gasteiger partial charge in [0.25, 0.3) is 0 Å². The number of ether oxygens (including phenoxy) is 3. The van der Waals surface area contributed by atoms with Crippen molar-refractivity contribution in [3.63, 3.8) is 0 Å². The molecule has 4 aliphatic rings. The highest BCUT2D eigenvalue weighted by molar-refractivity contribution is 4.98. The number of epoxide rings is 3. The van der Waals surface area contributed by atoms with Crippen LogP contribution in [-0.2, 0) is 14.2 Å². The summed E-state index contributed by atoms with van der Waals surface area (Å²) in [6.07, 6.45) is 7.45. The lowest BCUT2D eigenvalue weighted by Gasteiger charge is -2.28. The standard InChI is InChI=1S/C12H18O3/c1(9-5-13-9)7-3-11-12(15-11)4-8(7)2-10-6-14-10/h7-12H,1-6H2. The lowest BCUT2D eigenvalue weighted by molar-refractivity contribution is 0.199. The molecule has 0 N–H and O–H groups in total. The molecule has 4 fully saturated rings. The van der Waals surface area contributed by atoms with Crippen molar-refractivity contribution in [2.45, 2.75) is 50.1 Å². The van der Waals surface area contributed by atoms with Gasteiger partial charge in [0, 0.05) is 0 Å². The van der Waals surface area contributed by atoms with E-state index < -0.39 is 0 Å². The molecule has 3 nitrogen and oxygen atoms in total. The van der Waals surface area contributed by atoms with Crippen molar-refractivity contribution >= 4 is 0 Å². The second-order valence-electron chi connectivity index (χ2n) is 5.59. The Balaban J connectivity index is 1.40. The Hall–Kier alpha value is -0.120. The van der Waals surface area contributed by atoms with E-state index in [0.29, 0.717) is 24.4 Å². The Morgan fingerprint density at radius 2 is 1.27 bits per heavy atom. The van der Waals surface area contributed by atoms with Gasteiger partial charge in [-0.1, -0.05) is 0 Å². The van der Waals surface area contributed by atoms with Gasteiger partial charge < -0.3 is 14.2 Å². The minimum Gasteiger partial charge on any atom is -0.373 e. The van der Waals surface area contributed by atoms with Gasteiger partial charge in [0.1, 0.15) is 0 Å². The molecule has 1 saturated carbocycles. The first-order chi connectivity index (χ1) is 7.38. The smallest absolute Gasteiger partial charge is 0.0844 e. The highest BCUT2D eigenvalue weighted by Crippen LogP contribution is 2.47. The fourth-order valence-corrected chi connectivity index (χ4v) is 3.24. The topological polar surface area (TPSA) is 37.6 Å². The third kappa shape index (κ3) is 1.93. The maximum atomic E-state index is 5.66. The lowest BCUT2D eigenvalue weighted by Crippen LogP contribution is -2.27. The Kier molecular flexibility index (Phi) is 1.91.